The van der Waals surface area contributed by atoms with Crippen molar-refractivity contribution in [2.45, 2.75) is 51.3 Å². The second-order valence-corrected chi connectivity index (χ2v) is 6.66. The van der Waals surface area contributed by atoms with Crippen molar-refractivity contribution >= 4 is 11.6 Å². The Balaban J connectivity index is 1.91. The van der Waals surface area contributed by atoms with Crippen LogP contribution in [0.25, 0.3) is 0 Å². The van der Waals surface area contributed by atoms with Crippen LogP contribution >= 0.6 is 0 Å². The molecule has 0 aliphatic heterocycles. The van der Waals surface area contributed by atoms with Gasteiger partial charge in [0.15, 0.2) is 0 Å². The lowest BCUT2D eigenvalue weighted by Crippen LogP contribution is -2.23. The van der Waals surface area contributed by atoms with E-state index in [4.69, 9.17) is 4.74 Å². The first kappa shape index (κ1) is 18.5. The Kier molecular flexibility index (Phi) is 5.34. The molecule has 1 aromatic heterocycles. The van der Waals surface area contributed by atoms with E-state index in [1.165, 1.54) is 0 Å². The summed E-state index contributed by atoms with van der Waals surface area (Å²) in [7, 11) is 1.72. The van der Waals surface area contributed by atoms with E-state index in [2.05, 4.69) is 9.97 Å². The van der Waals surface area contributed by atoms with Crippen LogP contribution in [-0.2, 0) is 6.18 Å². The number of hydrogen-bond donors (Lipinski definition) is 0. The Morgan fingerprint density at radius 3 is 2.35 bits per heavy atom. The van der Waals surface area contributed by atoms with Crippen molar-refractivity contribution in [3.63, 3.8) is 0 Å². The average molecular weight is 365 g/mol. The van der Waals surface area contributed by atoms with Crippen molar-refractivity contribution < 1.29 is 17.9 Å². The number of alkyl halides is 3. The predicted octanol–water partition coefficient (Wildman–Crippen LogP) is 5.28. The molecule has 0 bridgehead atoms. The third-order valence-corrected chi connectivity index (χ3v) is 4.60. The molecule has 7 heteroatoms. The number of benzene rings is 1. The summed E-state index contributed by atoms with van der Waals surface area (Å²) in [5.41, 5.74) is 0.958. The number of halogens is 3. The fourth-order valence-electron chi connectivity index (χ4n) is 3.03. The molecule has 4 nitrogen and oxygen atoms in total. The Morgan fingerprint density at radius 1 is 1.08 bits per heavy atom. The van der Waals surface area contributed by atoms with Gasteiger partial charge in [-0.1, -0.05) is 24.1 Å². The van der Waals surface area contributed by atoms with E-state index < -0.39 is 11.7 Å². The summed E-state index contributed by atoms with van der Waals surface area (Å²) in [6.45, 7) is 1.97. The lowest BCUT2D eigenvalue weighted by atomic mass is 9.98. The van der Waals surface area contributed by atoms with Gasteiger partial charge in [0.25, 0.3) is 0 Å². The van der Waals surface area contributed by atoms with Crippen molar-refractivity contribution in [1.82, 2.24) is 9.97 Å². The standard InChI is InChI=1S/C19H22F3N3O/c1-13-8-10-14(11-9-13)25(2)18-23-12-16(19(20,21)22)17(24-18)26-15-6-4-3-5-7-15/h8-12,15H,3-7H2,1-2H3. The summed E-state index contributed by atoms with van der Waals surface area (Å²) in [5.74, 6) is -0.207. The van der Waals surface area contributed by atoms with Gasteiger partial charge >= 0.3 is 6.18 Å². The monoisotopic (exact) mass is 365 g/mol. The second kappa shape index (κ2) is 7.51. The van der Waals surface area contributed by atoms with Crippen LogP contribution in [0.4, 0.5) is 24.8 Å². The number of hydrogen-bond acceptors (Lipinski definition) is 4. The number of ether oxygens (including phenoxy) is 1. The molecule has 2 aromatic rings. The van der Waals surface area contributed by atoms with Gasteiger partial charge < -0.3 is 9.64 Å². The van der Waals surface area contributed by atoms with Crippen LogP contribution in [-0.4, -0.2) is 23.1 Å². The summed E-state index contributed by atoms with van der Waals surface area (Å²) >= 11 is 0. The van der Waals surface area contributed by atoms with Gasteiger partial charge in [0.1, 0.15) is 11.7 Å². The highest BCUT2D eigenvalue weighted by molar-refractivity contribution is 5.57. The Morgan fingerprint density at radius 2 is 1.73 bits per heavy atom. The highest BCUT2D eigenvalue weighted by atomic mass is 19.4. The molecule has 3 rings (SSSR count). The lowest BCUT2D eigenvalue weighted by molar-refractivity contribution is -0.140. The largest absolute Gasteiger partial charge is 0.474 e. The highest BCUT2D eigenvalue weighted by Gasteiger charge is 2.37. The van der Waals surface area contributed by atoms with Crippen molar-refractivity contribution in [2.75, 3.05) is 11.9 Å². The van der Waals surface area contributed by atoms with E-state index in [0.29, 0.717) is 0 Å². The molecule has 1 aliphatic rings. The minimum Gasteiger partial charge on any atom is -0.474 e. The first-order valence-electron chi connectivity index (χ1n) is 8.76. The van der Waals surface area contributed by atoms with E-state index in [0.717, 1.165) is 49.6 Å². The van der Waals surface area contributed by atoms with Crippen LogP contribution < -0.4 is 9.64 Å². The molecule has 1 fully saturated rings. The lowest BCUT2D eigenvalue weighted by Gasteiger charge is -2.25. The van der Waals surface area contributed by atoms with E-state index >= 15 is 0 Å². The maximum absolute atomic E-state index is 13.3. The number of rotatable bonds is 4. The molecule has 1 aromatic carbocycles. The van der Waals surface area contributed by atoms with Crippen LogP contribution in [0.2, 0.25) is 0 Å². The van der Waals surface area contributed by atoms with Crippen molar-refractivity contribution in [1.29, 1.82) is 0 Å². The van der Waals surface area contributed by atoms with Crippen molar-refractivity contribution in [3.05, 3.63) is 41.6 Å². The first-order valence-corrected chi connectivity index (χ1v) is 8.76. The number of nitrogens with zero attached hydrogens (tertiary/aromatic N) is 3. The molecule has 1 saturated carbocycles. The fraction of sp³-hybridized carbons (Fsp3) is 0.474. The van der Waals surface area contributed by atoms with E-state index in [1.54, 1.807) is 11.9 Å². The third-order valence-electron chi connectivity index (χ3n) is 4.60. The zero-order valence-electron chi connectivity index (χ0n) is 14.9. The van der Waals surface area contributed by atoms with Crippen molar-refractivity contribution in [3.8, 4) is 5.88 Å². The van der Waals surface area contributed by atoms with Crippen LogP contribution in [0.5, 0.6) is 5.88 Å². The maximum atomic E-state index is 13.3. The van der Waals surface area contributed by atoms with Gasteiger partial charge in [0.05, 0.1) is 0 Å². The SMILES string of the molecule is Cc1ccc(N(C)c2ncc(C(F)(F)F)c(OC3CCCCC3)n2)cc1. The summed E-state index contributed by atoms with van der Waals surface area (Å²) in [4.78, 5) is 9.66. The topological polar surface area (TPSA) is 38.2 Å². The smallest absolute Gasteiger partial charge is 0.423 e. The Bertz CT molecular complexity index is 741. The van der Waals surface area contributed by atoms with Gasteiger partial charge in [-0.15, -0.1) is 0 Å². The number of anilines is 2. The van der Waals surface area contributed by atoms with Gasteiger partial charge in [0.2, 0.25) is 11.8 Å². The molecule has 0 radical (unpaired) electrons. The molecule has 140 valence electrons. The van der Waals surface area contributed by atoms with Crippen LogP contribution in [0, 0.1) is 6.92 Å². The van der Waals surface area contributed by atoms with E-state index in [1.807, 2.05) is 31.2 Å². The summed E-state index contributed by atoms with van der Waals surface area (Å²) in [6, 6.07) is 7.60. The zero-order chi connectivity index (χ0) is 18.7. The molecule has 0 spiro atoms. The first-order chi connectivity index (χ1) is 12.3. The summed E-state index contributed by atoms with van der Waals surface area (Å²) < 4.78 is 45.6. The molecular weight excluding hydrogens is 343 g/mol. The van der Waals surface area contributed by atoms with E-state index in [9.17, 15) is 13.2 Å². The average Bonchev–Trinajstić information content (AvgIpc) is 2.61. The minimum absolute atomic E-state index is 0.174. The molecule has 0 atom stereocenters. The van der Waals surface area contributed by atoms with Crippen LogP contribution in [0.15, 0.2) is 30.5 Å². The molecule has 26 heavy (non-hydrogen) atoms. The van der Waals surface area contributed by atoms with Gasteiger partial charge in [-0.3, -0.25) is 0 Å². The zero-order valence-corrected chi connectivity index (χ0v) is 14.9. The predicted molar refractivity (Wildman–Crippen MR) is 93.8 cm³/mol. The maximum Gasteiger partial charge on any atom is 0.423 e. The van der Waals surface area contributed by atoms with E-state index in [-0.39, 0.29) is 17.9 Å². The van der Waals surface area contributed by atoms with Gasteiger partial charge in [-0.05, 0) is 44.7 Å². The molecular formula is C19H22F3N3O. The number of aromatic nitrogens is 2. The molecule has 1 heterocycles. The summed E-state index contributed by atoms with van der Waals surface area (Å²) in [6.07, 6.45) is 0.570. The molecule has 0 amide bonds. The van der Waals surface area contributed by atoms with Gasteiger partial charge in [0, 0.05) is 18.9 Å². The molecule has 0 N–H and O–H groups in total. The van der Waals surface area contributed by atoms with Crippen LogP contribution in [0.3, 0.4) is 0 Å². The molecule has 1 aliphatic carbocycles. The fourth-order valence-corrected chi connectivity index (χ4v) is 3.03. The Hall–Kier alpha value is -2.31. The normalized spacial score (nSPS) is 15.7. The second-order valence-electron chi connectivity index (χ2n) is 6.66. The number of aryl methyl sites for hydroxylation is 1. The summed E-state index contributed by atoms with van der Waals surface area (Å²) in [5, 5.41) is 0. The molecule has 0 saturated heterocycles. The third kappa shape index (κ3) is 4.26. The van der Waals surface area contributed by atoms with Gasteiger partial charge in [-0.25, -0.2) is 4.98 Å². The molecule has 0 unspecified atom stereocenters. The minimum atomic E-state index is -4.55. The van der Waals surface area contributed by atoms with Crippen molar-refractivity contribution in [2.24, 2.45) is 0 Å². The quantitative estimate of drug-likeness (QED) is 0.738. The van der Waals surface area contributed by atoms with Gasteiger partial charge in [-0.2, -0.15) is 18.2 Å². The highest BCUT2D eigenvalue weighted by Crippen LogP contribution is 2.37. The van der Waals surface area contributed by atoms with Crippen LogP contribution in [0.1, 0.15) is 43.2 Å². The Labute approximate surface area is 151 Å².